The zero-order valence-corrected chi connectivity index (χ0v) is 32.1. The second-order valence-corrected chi connectivity index (χ2v) is 17.0. The average Bonchev–Trinajstić information content (AvgIpc) is 3.82. The lowest BCUT2D eigenvalue weighted by atomic mass is 9.82. The van der Waals surface area contributed by atoms with Gasteiger partial charge in [-0.25, -0.2) is 15.0 Å². The number of benzene rings is 3. The maximum atomic E-state index is 5.50. The summed E-state index contributed by atoms with van der Waals surface area (Å²) in [6.07, 6.45) is 6.29. The molecular formula is C49H46N4. The van der Waals surface area contributed by atoms with Crippen LogP contribution in [0.3, 0.4) is 0 Å². The van der Waals surface area contributed by atoms with Crippen LogP contribution in [0.5, 0.6) is 0 Å². The van der Waals surface area contributed by atoms with Gasteiger partial charge in [-0.05, 0) is 137 Å². The number of rotatable bonds is 1. The SMILES string of the molecule is Cc1c2cc(C(C)(C)C)cc1-c1ccc3c(n1)-c1nc(ccc1CC3)-c1cc(C(C)(C)C)cc(c1C)-c1ccc([nH]1)C(c1ccccc1)=C1C=CC2=N1. The van der Waals surface area contributed by atoms with Crippen LogP contribution in [0.1, 0.15) is 91.7 Å². The van der Waals surface area contributed by atoms with Gasteiger partial charge in [-0.3, -0.25) is 0 Å². The molecule has 5 heterocycles. The van der Waals surface area contributed by atoms with Crippen molar-refractivity contribution in [1.29, 1.82) is 0 Å². The van der Waals surface area contributed by atoms with E-state index in [2.05, 4.69) is 164 Å². The Morgan fingerprint density at radius 3 is 1.66 bits per heavy atom. The van der Waals surface area contributed by atoms with Crippen molar-refractivity contribution in [2.75, 3.05) is 0 Å². The third-order valence-corrected chi connectivity index (χ3v) is 11.4. The third-order valence-electron chi connectivity index (χ3n) is 11.4. The molecule has 3 aromatic carbocycles. The molecular weight excluding hydrogens is 645 g/mol. The van der Waals surface area contributed by atoms with Crippen LogP contribution in [-0.2, 0) is 23.7 Å². The van der Waals surface area contributed by atoms with Crippen LogP contribution in [0.15, 0.2) is 114 Å². The van der Waals surface area contributed by atoms with Crippen LogP contribution in [0.25, 0.3) is 50.7 Å². The molecule has 0 unspecified atom stereocenters. The van der Waals surface area contributed by atoms with Gasteiger partial charge >= 0.3 is 0 Å². The van der Waals surface area contributed by atoms with E-state index in [1.165, 1.54) is 38.9 Å². The van der Waals surface area contributed by atoms with Crippen molar-refractivity contribution >= 4 is 11.3 Å². The second-order valence-electron chi connectivity index (χ2n) is 17.0. The lowest BCUT2D eigenvalue weighted by molar-refractivity contribution is 0.590. The fourth-order valence-corrected chi connectivity index (χ4v) is 8.13. The number of nitrogens with one attached hydrogen (secondary N) is 1. The number of aryl methyl sites for hydroxylation is 2. The molecule has 3 aromatic heterocycles. The topological polar surface area (TPSA) is 53.9 Å². The summed E-state index contributed by atoms with van der Waals surface area (Å²) < 4.78 is 0. The van der Waals surface area contributed by atoms with Crippen molar-refractivity contribution < 1.29 is 0 Å². The first kappa shape index (κ1) is 33.2. The van der Waals surface area contributed by atoms with E-state index in [0.29, 0.717) is 0 Å². The summed E-state index contributed by atoms with van der Waals surface area (Å²) in [5, 5.41) is 0. The number of hydrogen-bond acceptors (Lipinski definition) is 3. The smallest absolute Gasteiger partial charge is 0.0928 e. The number of aromatic amines is 1. The van der Waals surface area contributed by atoms with Gasteiger partial charge in [0.2, 0.25) is 0 Å². The quantitative estimate of drug-likeness (QED) is 0.187. The van der Waals surface area contributed by atoms with E-state index in [1.54, 1.807) is 0 Å². The largest absolute Gasteiger partial charge is 0.354 e. The number of allylic oxidation sites excluding steroid dienone is 2. The predicted octanol–water partition coefficient (Wildman–Crippen LogP) is 11.9. The molecule has 1 N–H and O–H groups in total. The highest BCUT2D eigenvalue weighted by molar-refractivity contribution is 6.14. The highest BCUT2D eigenvalue weighted by Gasteiger charge is 2.27. The zero-order valence-electron chi connectivity index (χ0n) is 32.1. The fourth-order valence-electron chi connectivity index (χ4n) is 8.13. The third kappa shape index (κ3) is 5.63. The lowest BCUT2D eigenvalue weighted by Crippen LogP contribution is -2.14. The Bertz CT molecular complexity index is 2580. The average molecular weight is 691 g/mol. The Morgan fingerprint density at radius 2 is 1.08 bits per heavy atom. The summed E-state index contributed by atoms with van der Waals surface area (Å²) in [5.41, 5.74) is 22.1. The van der Waals surface area contributed by atoms with Crippen LogP contribution in [0.2, 0.25) is 0 Å². The van der Waals surface area contributed by atoms with Gasteiger partial charge < -0.3 is 4.98 Å². The van der Waals surface area contributed by atoms with E-state index in [0.717, 1.165) is 86.2 Å². The van der Waals surface area contributed by atoms with Crippen molar-refractivity contribution in [3.05, 3.63) is 159 Å². The van der Waals surface area contributed by atoms with E-state index >= 15 is 0 Å². The van der Waals surface area contributed by atoms with Gasteiger partial charge in [-0.15, -0.1) is 0 Å². The molecule has 9 rings (SSSR count). The number of nitrogens with zero attached hydrogens (tertiary/aromatic N) is 3. The molecule has 6 aromatic rings. The van der Waals surface area contributed by atoms with Crippen molar-refractivity contribution in [1.82, 2.24) is 15.0 Å². The molecule has 4 heteroatoms. The molecule has 4 nitrogen and oxygen atoms in total. The van der Waals surface area contributed by atoms with Crippen molar-refractivity contribution in [2.45, 2.75) is 79.1 Å². The Morgan fingerprint density at radius 1 is 0.547 bits per heavy atom. The minimum atomic E-state index is -0.0708. The summed E-state index contributed by atoms with van der Waals surface area (Å²) in [6.45, 7) is 18.2. The molecule has 262 valence electrons. The minimum Gasteiger partial charge on any atom is -0.354 e. The number of aromatic nitrogens is 3. The highest BCUT2D eigenvalue weighted by atomic mass is 14.8. The van der Waals surface area contributed by atoms with E-state index in [9.17, 15) is 0 Å². The normalized spacial score (nSPS) is 14.6. The molecule has 0 saturated carbocycles. The molecule has 0 amide bonds. The van der Waals surface area contributed by atoms with E-state index in [4.69, 9.17) is 15.0 Å². The van der Waals surface area contributed by atoms with Gasteiger partial charge in [0, 0.05) is 39.2 Å². The number of fused-ring (bicyclic) bond motifs is 13. The number of pyridine rings is 2. The summed E-state index contributed by atoms with van der Waals surface area (Å²) in [5.74, 6) is 0. The van der Waals surface area contributed by atoms with Gasteiger partial charge in [-0.1, -0.05) is 84.0 Å². The summed E-state index contributed by atoms with van der Waals surface area (Å²) in [4.78, 5) is 20.3. The predicted molar refractivity (Wildman–Crippen MR) is 221 cm³/mol. The first-order valence-electron chi connectivity index (χ1n) is 18.9. The van der Waals surface area contributed by atoms with Crippen LogP contribution < -0.4 is 0 Å². The van der Waals surface area contributed by atoms with Crippen molar-refractivity contribution in [2.24, 2.45) is 4.99 Å². The molecule has 53 heavy (non-hydrogen) atoms. The van der Waals surface area contributed by atoms with Gasteiger partial charge in [-0.2, -0.15) is 0 Å². The molecule has 2 aliphatic heterocycles. The molecule has 0 radical (unpaired) electrons. The van der Waals surface area contributed by atoms with Gasteiger partial charge in [0.15, 0.2) is 0 Å². The standard InChI is InChI=1S/C49H46N4/c1-28-35-24-33(48(3,4)5)26-37(28)41-18-16-31-14-15-32-17-19-42(53-47(32)46(31)52-41)38-27-34(49(6,7)8)25-36(29(38)2)40-21-23-44(51-40)45(30-12-10-9-11-13-30)43-22-20-39(35)50-43/h9-13,16-27,50H,14-15H2,1-8H3. The minimum absolute atomic E-state index is 0.0619. The molecule has 12 bridgehead atoms. The van der Waals surface area contributed by atoms with Crippen LogP contribution in [0.4, 0.5) is 0 Å². The van der Waals surface area contributed by atoms with Gasteiger partial charge in [0.25, 0.3) is 0 Å². The van der Waals surface area contributed by atoms with E-state index in [1.807, 2.05) is 0 Å². The lowest BCUT2D eigenvalue weighted by Gasteiger charge is -2.25. The van der Waals surface area contributed by atoms with Crippen LogP contribution in [0, 0.1) is 13.8 Å². The highest BCUT2D eigenvalue weighted by Crippen LogP contribution is 2.42. The van der Waals surface area contributed by atoms with E-state index < -0.39 is 0 Å². The Labute approximate surface area is 313 Å². The van der Waals surface area contributed by atoms with Gasteiger partial charge in [0.1, 0.15) is 0 Å². The number of H-pyrrole nitrogens is 1. The first-order chi connectivity index (χ1) is 25.3. The van der Waals surface area contributed by atoms with Crippen LogP contribution in [-0.4, -0.2) is 20.7 Å². The molecule has 0 fully saturated rings. The summed E-state index contributed by atoms with van der Waals surface area (Å²) in [7, 11) is 0. The Hall–Kier alpha value is -5.61. The first-order valence-corrected chi connectivity index (χ1v) is 18.9. The van der Waals surface area contributed by atoms with Gasteiger partial charge in [0.05, 0.1) is 34.2 Å². The maximum Gasteiger partial charge on any atom is 0.0928 e. The number of hydrogen-bond donors (Lipinski definition) is 1. The van der Waals surface area contributed by atoms with E-state index in [-0.39, 0.29) is 10.8 Å². The molecule has 3 aliphatic rings. The molecule has 0 atom stereocenters. The van der Waals surface area contributed by atoms with Crippen molar-refractivity contribution in [3.8, 4) is 45.2 Å². The second kappa shape index (κ2) is 12.0. The molecule has 1 aliphatic carbocycles. The summed E-state index contributed by atoms with van der Waals surface area (Å²) in [6, 6.07) is 33.5. The maximum absolute atomic E-state index is 5.50. The zero-order chi connectivity index (χ0) is 36.8. The van der Waals surface area contributed by atoms with Crippen LogP contribution >= 0.6 is 0 Å². The number of aliphatic imine (C=N–C) groups is 1. The monoisotopic (exact) mass is 690 g/mol. The molecule has 0 spiro atoms. The summed E-state index contributed by atoms with van der Waals surface area (Å²) >= 11 is 0. The fraction of sp³-hybridized carbons (Fsp3) is 0.245. The Kier molecular flexibility index (Phi) is 7.50. The Balaban J connectivity index is 1.39. The molecule has 0 saturated heterocycles. The van der Waals surface area contributed by atoms with Crippen molar-refractivity contribution in [3.63, 3.8) is 0 Å².